The van der Waals surface area contributed by atoms with Gasteiger partial charge < -0.3 is 9.47 Å². The lowest BCUT2D eigenvalue weighted by Crippen LogP contribution is -2.04. The van der Waals surface area contributed by atoms with E-state index in [0.29, 0.717) is 0 Å². The lowest BCUT2D eigenvalue weighted by Gasteiger charge is -2.07. The molecule has 0 saturated carbocycles. The molecule has 21 heavy (non-hydrogen) atoms. The molecule has 0 fully saturated rings. The highest BCUT2D eigenvalue weighted by molar-refractivity contribution is 5.74. The Bertz CT molecular complexity index is 651. The van der Waals surface area contributed by atoms with Gasteiger partial charge >= 0.3 is 5.97 Å². The maximum atomic E-state index is 11.3. The van der Waals surface area contributed by atoms with Crippen LogP contribution < -0.4 is 4.74 Å². The van der Waals surface area contributed by atoms with E-state index in [1.165, 1.54) is 7.11 Å². The summed E-state index contributed by atoms with van der Waals surface area (Å²) in [5, 5.41) is 0. The highest BCUT2D eigenvalue weighted by Crippen LogP contribution is 2.23. The van der Waals surface area contributed by atoms with Crippen LogP contribution in [0.1, 0.15) is 5.56 Å². The summed E-state index contributed by atoms with van der Waals surface area (Å²) in [5.41, 5.74) is 3.02. The molecule has 0 radical (unpaired) electrons. The molecule has 2 aromatic carbocycles. The second-order valence-electron chi connectivity index (χ2n) is 4.47. The van der Waals surface area contributed by atoms with E-state index in [0.717, 1.165) is 22.4 Å². The number of benzene rings is 2. The third-order valence-corrected chi connectivity index (χ3v) is 3.01. The van der Waals surface area contributed by atoms with Crippen LogP contribution in [-0.2, 0) is 16.0 Å². The molecule has 0 saturated heterocycles. The van der Waals surface area contributed by atoms with Gasteiger partial charge in [0.15, 0.2) is 0 Å². The normalized spacial score (nSPS) is 9.71. The predicted octanol–water partition coefficient (Wildman–Crippen LogP) is 3.08. The van der Waals surface area contributed by atoms with Crippen molar-refractivity contribution in [2.45, 2.75) is 6.42 Å². The van der Waals surface area contributed by atoms with Gasteiger partial charge in [0.1, 0.15) is 12.4 Å². The van der Waals surface area contributed by atoms with E-state index in [1.54, 1.807) is 0 Å². The lowest BCUT2D eigenvalue weighted by atomic mass is 10.0. The van der Waals surface area contributed by atoms with Crippen LogP contribution in [0.15, 0.2) is 48.5 Å². The molecular formula is C18H16O3. The van der Waals surface area contributed by atoms with Crippen molar-refractivity contribution in [2.24, 2.45) is 0 Å². The largest absolute Gasteiger partial charge is 0.481 e. The second-order valence-corrected chi connectivity index (χ2v) is 4.47. The van der Waals surface area contributed by atoms with E-state index < -0.39 is 0 Å². The number of carbonyl (C=O) groups is 1. The second kappa shape index (κ2) is 7.16. The fourth-order valence-electron chi connectivity index (χ4n) is 1.97. The van der Waals surface area contributed by atoms with Crippen molar-refractivity contribution in [1.82, 2.24) is 0 Å². The highest BCUT2D eigenvalue weighted by Gasteiger charge is 2.05. The van der Waals surface area contributed by atoms with E-state index >= 15 is 0 Å². The molecule has 0 aliphatic heterocycles. The standard InChI is InChI=1S/C18H16O3/c1-3-11-21-17-9-7-15(8-10-17)16-6-4-5-14(12-16)13-18(19)20-2/h1,4-10,12H,11,13H2,2H3. The third-order valence-electron chi connectivity index (χ3n) is 3.01. The first-order valence-electron chi connectivity index (χ1n) is 6.55. The average molecular weight is 280 g/mol. The van der Waals surface area contributed by atoms with Crippen LogP contribution >= 0.6 is 0 Å². The first kappa shape index (κ1) is 14.7. The van der Waals surface area contributed by atoms with Gasteiger partial charge in [0.25, 0.3) is 0 Å². The molecule has 3 heteroatoms. The van der Waals surface area contributed by atoms with Gasteiger partial charge in [0, 0.05) is 0 Å². The lowest BCUT2D eigenvalue weighted by molar-refractivity contribution is -0.139. The van der Waals surface area contributed by atoms with E-state index in [2.05, 4.69) is 10.7 Å². The van der Waals surface area contributed by atoms with Crippen LogP contribution in [0.5, 0.6) is 5.75 Å². The Morgan fingerprint density at radius 2 is 1.90 bits per heavy atom. The van der Waals surface area contributed by atoms with Crippen molar-refractivity contribution < 1.29 is 14.3 Å². The molecule has 2 aromatic rings. The summed E-state index contributed by atoms with van der Waals surface area (Å²) < 4.78 is 10.0. The third kappa shape index (κ3) is 4.12. The van der Waals surface area contributed by atoms with E-state index in [1.807, 2.05) is 48.5 Å². The van der Waals surface area contributed by atoms with Gasteiger partial charge in [-0.15, -0.1) is 6.42 Å². The number of terminal acetylenes is 1. The fourth-order valence-corrected chi connectivity index (χ4v) is 1.97. The Labute approximate surface area is 124 Å². The molecule has 0 unspecified atom stereocenters. The quantitative estimate of drug-likeness (QED) is 0.623. The number of esters is 1. The Hall–Kier alpha value is -2.73. The minimum atomic E-state index is -0.245. The van der Waals surface area contributed by atoms with Crippen LogP contribution in [0.25, 0.3) is 11.1 Å². The van der Waals surface area contributed by atoms with Crippen molar-refractivity contribution in [3.63, 3.8) is 0 Å². The van der Waals surface area contributed by atoms with E-state index in [4.69, 9.17) is 11.2 Å². The SMILES string of the molecule is C#CCOc1ccc(-c2cccc(CC(=O)OC)c2)cc1. The first-order valence-corrected chi connectivity index (χ1v) is 6.55. The molecule has 2 rings (SSSR count). The zero-order valence-electron chi connectivity index (χ0n) is 11.8. The van der Waals surface area contributed by atoms with E-state index in [-0.39, 0.29) is 19.0 Å². The molecule has 0 aliphatic carbocycles. The number of hydrogen-bond acceptors (Lipinski definition) is 3. The molecule has 0 amide bonds. The predicted molar refractivity (Wildman–Crippen MR) is 81.9 cm³/mol. The summed E-state index contributed by atoms with van der Waals surface area (Å²) in [6.45, 7) is 0.258. The molecule has 0 heterocycles. The monoisotopic (exact) mass is 280 g/mol. The highest BCUT2D eigenvalue weighted by atomic mass is 16.5. The van der Waals surface area contributed by atoms with Crippen molar-refractivity contribution in [2.75, 3.05) is 13.7 Å². The Balaban J connectivity index is 2.16. The minimum Gasteiger partial charge on any atom is -0.481 e. The van der Waals surface area contributed by atoms with E-state index in [9.17, 15) is 4.79 Å². The Kier molecular flexibility index (Phi) is 5.00. The first-order chi connectivity index (χ1) is 10.2. The van der Waals surface area contributed by atoms with Crippen LogP contribution in [0.4, 0.5) is 0 Å². The smallest absolute Gasteiger partial charge is 0.309 e. The summed E-state index contributed by atoms with van der Waals surface area (Å²) >= 11 is 0. The molecule has 0 N–H and O–H groups in total. The maximum Gasteiger partial charge on any atom is 0.309 e. The van der Waals surface area contributed by atoms with Crippen LogP contribution in [0.2, 0.25) is 0 Å². The maximum absolute atomic E-state index is 11.3. The number of methoxy groups -OCH3 is 1. The zero-order valence-corrected chi connectivity index (χ0v) is 11.8. The Morgan fingerprint density at radius 1 is 1.14 bits per heavy atom. The minimum absolute atomic E-state index is 0.245. The van der Waals surface area contributed by atoms with Gasteiger partial charge in [-0.3, -0.25) is 4.79 Å². The number of ether oxygens (including phenoxy) is 2. The summed E-state index contributed by atoms with van der Waals surface area (Å²) in [7, 11) is 1.39. The molecule has 3 nitrogen and oxygen atoms in total. The molecule has 0 spiro atoms. The molecule has 0 atom stereocenters. The van der Waals surface area contributed by atoms with Crippen molar-refractivity contribution >= 4 is 5.97 Å². The summed E-state index contributed by atoms with van der Waals surface area (Å²) in [5.74, 6) is 2.92. The molecule has 0 bridgehead atoms. The Morgan fingerprint density at radius 3 is 2.57 bits per heavy atom. The van der Waals surface area contributed by atoms with Gasteiger partial charge in [-0.05, 0) is 28.8 Å². The molecular weight excluding hydrogens is 264 g/mol. The summed E-state index contributed by atoms with van der Waals surface area (Å²) in [6, 6.07) is 15.5. The van der Waals surface area contributed by atoms with Gasteiger partial charge in [-0.2, -0.15) is 0 Å². The summed E-state index contributed by atoms with van der Waals surface area (Å²) in [6.07, 6.45) is 5.42. The number of hydrogen-bond donors (Lipinski definition) is 0. The zero-order chi connectivity index (χ0) is 15.1. The molecule has 106 valence electrons. The van der Waals surface area contributed by atoms with Crippen molar-refractivity contribution in [3.8, 4) is 29.2 Å². The number of carbonyl (C=O) groups excluding carboxylic acids is 1. The van der Waals surface area contributed by atoms with Crippen molar-refractivity contribution in [1.29, 1.82) is 0 Å². The van der Waals surface area contributed by atoms with Crippen molar-refractivity contribution in [3.05, 3.63) is 54.1 Å². The van der Waals surface area contributed by atoms with Gasteiger partial charge in [0.2, 0.25) is 0 Å². The molecule has 0 aromatic heterocycles. The molecule has 0 aliphatic rings. The fraction of sp³-hybridized carbons (Fsp3) is 0.167. The van der Waals surface area contributed by atoms with Crippen LogP contribution in [0, 0.1) is 12.3 Å². The average Bonchev–Trinajstić information content (AvgIpc) is 2.53. The van der Waals surface area contributed by atoms with Gasteiger partial charge in [-0.25, -0.2) is 0 Å². The number of rotatable bonds is 5. The van der Waals surface area contributed by atoms with Crippen LogP contribution in [-0.4, -0.2) is 19.7 Å². The van der Waals surface area contributed by atoms with Crippen LogP contribution in [0.3, 0.4) is 0 Å². The van der Waals surface area contributed by atoms with Gasteiger partial charge in [0.05, 0.1) is 13.5 Å². The summed E-state index contributed by atoms with van der Waals surface area (Å²) in [4.78, 5) is 11.3. The van der Waals surface area contributed by atoms with Gasteiger partial charge in [-0.1, -0.05) is 42.3 Å². The topological polar surface area (TPSA) is 35.5 Å².